The molecule has 0 aliphatic carbocycles. The van der Waals surface area contributed by atoms with Gasteiger partial charge in [-0.15, -0.1) is 0 Å². The van der Waals surface area contributed by atoms with Crippen LogP contribution < -0.4 is 10.5 Å². The molecule has 2 aromatic rings. The van der Waals surface area contributed by atoms with Gasteiger partial charge in [0, 0.05) is 23.2 Å². The van der Waals surface area contributed by atoms with Crippen LogP contribution in [-0.2, 0) is 23.3 Å². The third kappa shape index (κ3) is 3.07. The Bertz CT molecular complexity index is 917. The summed E-state index contributed by atoms with van der Waals surface area (Å²) in [5.74, 6) is -0.236. The summed E-state index contributed by atoms with van der Waals surface area (Å²) in [5, 5.41) is 14.4. The molecule has 0 bridgehead atoms. The van der Waals surface area contributed by atoms with Gasteiger partial charge in [0.05, 0.1) is 12.2 Å². The van der Waals surface area contributed by atoms with Gasteiger partial charge in [-0.1, -0.05) is 12.1 Å². The fourth-order valence-corrected chi connectivity index (χ4v) is 3.05. The zero-order valence-electron chi connectivity index (χ0n) is 12.7. The maximum atomic E-state index is 12.3. The summed E-state index contributed by atoms with van der Waals surface area (Å²) in [5.41, 5.74) is 2.04. The smallest absolute Gasteiger partial charge is 0.277 e. The lowest BCUT2D eigenvalue weighted by Crippen LogP contribution is -2.32. The molecular formula is C14H15N5O4S. The second-order valence-corrected chi connectivity index (χ2v) is 6.98. The van der Waals surface area contributed by atoms with Gasteiger partial charge >= 0.3 is 0 Å². The maximum absolute atomic E-state index is 12.3. The highest BCUT2D eigenvalue weighted by molar-refractivity contribution is 7.86. The molecule has 10 heteroatoms. The molecule has 126 valence electrons. The predicted molar refractivity (Wildman–Crippen MR) is 85.3 cm³/mol. The topological polar surface area (TPSA) is 138 Å². The van der Waals surface area contributed by atoms with Crippen molar-refractivity contribution in [3.8, 4) is 0 Å². The normalized spacial score (nSPS) is 14.4. The Morgan fingerprint density at radius 2 is 1.83 bits per heavy atom. The number of aromatic amines is 1. The van der Waals surface area contributed by atoms with Crippen molar-refractivity contribution in [1.82, 2.24) is 14.5 Å². The molecule has 0 saturated heterocycles. The van der Waals surface area contributed by atoms with Gasteiger partial charge in [-0.3, -0.25) is 14.7 Å². The van der Waals surface area contributed by atoms with E-state index < -0.39 is 16.1 Å². The van der Waals surface area contributed by atoms with Crippen molar-refractivity contribution in [3.05, 3.63) is 46.6 Å². The lowest BCUT2D eigenvalue weighted by atomic mass is 10.1. The van der Waals surface area contributed by atoms with Gasteiger partial charge in [-0.05, 0) is 19.1 Å². The summed E-state index contributed by atoms with van der Waals surface area (Å²) in [7, 11) is -3.81. The molecule has 4 N–H and O–H groups in total. The second kappa shape index (κ2) is 5.82. The van der Waals surface area contributed by atoms with Crippen molar-refractivity contribution < 1.29 is 18.0 Å². The maximum Gasteiger partial charge on any atom is 0.277 e. The summed E-state index contributed by atoms with van der Waals surface area (Å²) >= 11 is 0. The molecule has 24 heavy (non-hydrogen) atoms. The first-order valence-electron chi connectivity index (χ1n) is 7.02. The number of aromatic nitrogens is 2. The first-order chi connectivity index (χ1) is 11.3. The van der Waals surface area contributed by atoms with Gasteiger partial charge < -0.3 is 5.32 Å². The fraction of sp³-hybridized carbons (Fsp3) is 0.214. The van der Waals surface area contributed by atoms with Crippen LogP contribution in [0.2, 0.25) is 0 Å². The number of carbonyl (C=O) groups excluding carboxylic acids is 2. The number of amides is 1. The number of hydrogen-bond acceptors (Lipinski definition) is 5. The first kappa shape index (κ1) is 16.3. The van der Waals surface area contributed by atoms with Crippen molar-refractivity contribution in [2.75, 3.05) is 5.32 Å². The Labute approximate surface area is 138 Å². The molecule has 0 atom stereocenters. The summed E-state index contributed by atoms with van der Waals surface area (Å²) in [6, 6.07) is 6.20. The Balaban J connectivity index is 1.77. The van der Waals surface area contributed by atoms with Crippen LogP contribution in [0.3, 0.4) is 0 Å². The minimum atomic E-state index is -3.81. The summed E-state index contributed by atoms with van der Waals surface area (Å²) in [4.78, 5) is 23.5. The SMILES string of the molecule is CC(=O)c1ccc(C(=O)Nc2n[nH]c3c2CN(S(N)(=O)=O)C3)cc1. The Morgan fingerprint density at radius 3 is 2.42 bits per heavy atom. The van der Waals surface area contributed by atoms with E-state index >= 15 is 0 Å². The number of nitrogens with one attached hydrogen (secondary N) is 2. The van der Waals surface area contributed by atoms with Gasteiger partial charge in [-0.2, -0.15) is 17.8 Å². The van der Waals surface area contributed by atoms with Crippen LogP contribution in [0, 0.1) is 0 Å². The van der Waals surface area contributed by atoms with Crippen LogP contribution in [0.25, 0.3) is 0 Å². The number of carbonyl (C=O) groups is 2. The number of H-pyrrole nitrogens is 1. The average Bonchev–Trinajstić information content (AvgIpc) is 3.09. The number of fused-ring (bicyclic) bond motifs is 1. The van der Waals surface area contributed by atoms with E-state index in [1.807, 2.05) is 0 Å². The summed E-state index contributed by atoms with van der Waals surface area (Å²) < 4.78 is 23.9. The lowest BCUT2D eigenvalue weighted by molar-refractivity contribution is 0.100. The summed E-state index contributed by atoms with van der Waals surface area (Å²) in [6.45, 7) is 1.58. The summed E-state index contributed by atoms with van der Waals surface area (Å²) in [6.07, 6.45) is 0. The largest absolute Gasteiger partial charge is 0.305 e. The number of nitrogens with zero attached hydrogens (tertiary/aromatic N) is 2. The van der Waals surface area contributed by atoms with Crippen molar-refractivity contribution in [2.45, 2.75) is 20.0 Å². The molecule has 0 saturated carbocycles. The van der Waals surface area contributed by atoms with Crippen molar-refractivity contribution in [2.24, 2.45) is 5.14 Å². The Hall–Kier alpha value is -2.56. The van der Waals surface area contributed by atoms with Gasteiger partial charge in [-0.25, -0.2) is 5.14 Å². The lowest BCUT2D eigenvalue weighted by Gasteiger charge is -2.11. The van der Waals surface area contributed by atoms with E-state index in [2.05, 4.69) is 15.5 Å². The standard InChI is InChI=1S/C14H15N5O4S/c1-8(20)9-2-4-10(5-3-9)14(21)16-13-11-6-19(24(15,22)23)7-12(11)17-18-13/h2-5H,6-7H2,1H3,(H2,15,22,23)(H2,16,17,18,21). The van der Waals surface area contributed by atoms with Crippen molar-refractivity contribution >= 4 is 27.7 Å². The van der Waals surface area contributed by atoms with E-state index in [0.717, 1.165) is 4.31 Å². The number of benzene rings is 1. The monoisotopic (exact) mass is 349 g/mol. The Kier molecular flexibility index (Phi) is 3.95. The Morgan fingerprint density at radius 1 is 1.21 bits per heavy atom. The minimum Gasteiger partial charge on any atom is -0.305 e. The highest BCUT2D eigenvalue weighted by Crippen LogP contribution is 2.28. The highest BCUT2D eigenvalue weighted by atomic mass is 32.2. The highest BCUT2D eigenvalue weighted by Gasteiger charge is 2.31. The van der Waals surface area contributed by atoms with Crippen LogP contribution in [0.1, 0.15) is 38.9 Å². The first-order valence-corrected chi connectivity index (χ1v) is 8.52. The van der Waals surface area contributed by atoms with Crippen LogP contribution in [0.15, 0.2) is 24.3 Å². The molecule has 1 aromatic heterocycles. The third-order valence-electron chi connectivity index (χ3n) is 3.77. The minimum absolute atomic E-state index is 0.0452. The zero-order valence-corrected chi connectivity index (χ0v) is 13.6. The van der Waals surface area contributed by atoms with E-state index in [0.29, 0.717) is 22.4 Å². The molecule has 0 fully saturated rings. The molecule has 0 radical (unpaired) electrons. The van der Waals surface area contributed by atoms with E-state index in [1.54, 1.807) is 12.1 Å². The van der Waals surface area contributed by atoms with Gasteiger partial charge in [0.15, 0.2) is 11.6 Å². The number of Topliss-reactive ketones (excluding diaryl/α,β-unsaturated/α-hetero) is 1. The van der Waals surface area contributed by atoms with Crippen LogP contribution in [0.4, 0.5) is 5.82 Å². The van der Waals surface area contributed by atoms with E-state index in [-0.39, 0.29) is 24.7 Å². The molecular weight excluding hydrogens is 334 g/mol. The molecule has 1 aliphatic heterocycles. The van der Waals surface area contributed by atoms with Gasteiger partial charge in [0.25, 0.3) is 16.1 Å². The van der Waals surface area contributed by atoms with Crippen molar-refractivity contribution in [3.63, 3.8) is 0 Å². The number of anilines is 1. The zero-order chi connectivity index (χ0) is 17.5. The third-order valence-corrected chi connectivity index (χ3v) is 4.75. The van der Waals surface area contributed by atoms with Crippen LogP contribution in [0.5, 0.6) is 0 Å². The number of hydrogen-bond donors (Lipinski definition) is 3. The molecule has 0 unspecified atom stereocenters. The molecule has 1 aromatic carbocycles. The van der Waals surface area contributed by atoms with Crippen LogP contribution >= 0.6 is 0 Å². The van der Waals surface area contributed by atoms with Crippen molar-refractivity contribution in [1.29, 1.82) is 0 Å². The van der Waals surface area contributed by atoms with E-state index in [1.165, 1.54) is 19.1 Å². The molecule has 1 aliphatic rings. The predicted octanol–water partition coefficient (Wildman–Crippen LogP) is 0.384. The van der Waals surface area contributed by atoms with Gasteiger partial charge in [0.1, 0.15) is 0 Å². The fourth-order valence-electron chi connectivity index (χ4n) is 2.43. The van der Waals surface area contributed by atoms with Gasteiger partial charge in [0.2, 0.25) is 0 Å². The molecule has 2 heterocycles. The molecule has 9 nitrogen and oxygen atoms in total. The quantitative estimate of drug-likeness (QED) is 0.685. The molecule has 3 rings (SSSR count). The van der Waals surface area contributed by atoms with E-state index in [9.17, 15) is 18.0 Å². The number of nitrogens with two attached hydrogens (primary N) is 1. The van der Waals surface area contributed by atoms with Crippen LogP contribution in [-0.4, -0.2) is 34.6 Å². The number of rotatable bonds is 4. The number of ketones is 1. The second-order valence-electron chi connectivity index (χ2n) is 5.43. The average molecular weight is 349 g/mol. The molecule has 0 spiro atoms. The van der Waals surface area contributed by atoms with E-state index in [4.69, 9.17) is 5.14 Å². The molecule has 1 amide bonds.